The predicted molar refractivity (Wildman–Crippen MR) is 110 cm³/mol. The third kappa shape index (κ3) is 5.77. The van der Waals surface area contributed by atoms with Crippen LogP contribution in [0.25, 0.3) is 0 Å². The van der Waals surface area contributed by atoms with Crippen LogP contribution in [0, 0.1) is 0 Å². The van der Waals surface area contributed by atoms with Crippen molar-refractivity contribution in [3.8, 4) is 11.5 Å². The Morgan fingerprint density at radius 2 is 1.79 bits per heavy atom. The van der Waals surface area contributed by atoms with Gasteiger partial charge in [-0.1, -0.05) is 11.6 Å². The number of sulfonamides is 1. The lowest BCUT2D eigenvalue weighted by Gasteiger charge is -2.19. The Kier molecular flexibility index (Phi) is 7.15. The summed E-state index contributed by atoms with van der Waals surface area (Å²) in [5, 5.41) is 3.02. The molecule has 2 aromatic rings. The van der Waals surface area contributed by atoms with E-state index in [0.29, 0.717) is 11.4 Å². The van der Waals surface area contributed by atoms with Gasteiger partial charge in [-0.25, -0.2) is 8.42 Å². The summed E-state index contributed by atoms with van der Waals surface area (Å²) in [6.45, 7) is 2.04. The van der Waals surface area contributed by atoms with E-state index in [4.69, 9.17) is 21.1 Å². The normalized spacial score (nSPS) is 12.2. The second kappa shape index (κ2) is 9.16. The average molecular weight is 427 g/mol. The van der Waals surface area contributed by atoms with Crippen LogP contribution in [0.4, 0.5) is 5.69 Å². The number of halogens is 1. The molecule has 0 heterocycles. The summed E-state index contributed by atoms with van der Waals surface area (Å²) in [6, 6.07) is 11.3. The number of amides is 1. The zero-order valence-electron chi connectivity index (χ0n) is 16.1. The van der Waals surface area contributed by atoms with Gasteiger partial charge < -0.3 is 14.8 Å². The number of nitrogens with zero attached hydrogens (tertiary/aromatic N) is 1. The second-order valence-electron chi connectivity index (χ2n) is 6.26. The van der Waals surface area contributed by atoms with Crippen LogP contribution < -0.4 is 19.1 Å². The van der Waals surface area contributed by atoms with Crippen molar-refractivity contribution in [3.05, 3.63) is 53.1 Å². The molecule has 7 nitrogen and oxygen atoms in total. The van der Waals surface area contributed by atoms with Crippen molar-refractivity contribution in [2.75, 3.05) is 31.3 Å². The standard InChI is InChI=1S/C19H23ClN2O5S/c1-13(12-27-16-8-6-15(26-3)7-9-16)21-19(23)17-11-14(5-10-18(17)20)22(2)28(4,24)25/h5-11,13H,12H2,1-4H3,(H,21,23)/t13-/m1/s1. The Hall–Kier alpha value is -2.45. The van der Waals surface area contributed by atoms with Gasteiger partial charge in [0.1, 0.15) is 18.1 Å². The highest BCUT2D eigenvalue weighted by atomic mass is 35.5. The first-order valence-corrected chi connectivity index (χ1v) is 10.7. The molecule has 0 aliphatic carbocycles. The van der Waals surface area contributed by atoms with Crippen LogP contribution in [0.5, 0.6) is 11.5 Å². The number of hydrogen-bond acceptors (Lipinski definition) is 5. The first-order chi connectivity index (χ1) is 13.1. The maximum absolute atomic E-state index is 12.6. The molecular weight excluding hydrogens is 404 g/mol. The first-order valence-electron chi connectivity index (χ1n) is 8.43. The zero-order chi connectivity index (χ0) is 20.9. The molecule has 0 aliphatic rings. The molecule has 1 amide bonds. The van der Waals surface area contributed by atoms with Crippen molar-refractivity contribution in [3.63, 3.8) is 0 Å². The fourth-order valence-corrected chi connectivity index (χ4v) is 3.01. The monoisotopic (exact) mass is 426 g/mol. The van der Waals surface area contributed by atoms with Crippen LogP contribution in [0.1, 0.15) is 17.3 Å². The molecule has 0 fully saturated rings. The van der Waals surface area contributed by atoms with E-state index >= 15 is 0 Å². The number of hydrogen-bond donors (Lipinski definition) is 1. The van der Waals surface area contributed by atoms with Crippen LogP contribution in [0.2, 0.25) is 5.02 Å². The topological polar surface area (TPSA) is 84.9 Å². The molecule has 0 radical (unpaired) electrons. The van der Waals surface area contributed by atoms with Gasteiger partial charge in [-0.15, -0.1) is 0 Å². The van der Waals surface area contributed by atoms with Gasteiger partial charge in [0, 0.05) is 7.05 Å². The number of carbonyl (C=O) groups is 1. The van der Waals surface area contributed by atoms with Gasteiger partial charge in [0.25, 0.3) is 5.91 Å². The maximum atomic E-state index is 12.6. The van der Waals surface area contributed by atoms with E-state index in [9.17, 15) is 13.2 Å². The molecule has 2 aromatic carbocycles. The van der Waals surface area contributed by atoms with E-state index in [2.05, 4.69) is 5.32 Å². The number of benzene rings is 2. The molecule has 152 valence electrons. The number of anilines is 1. The number of nitrogens with one attached hydrogen (secondary N) is 1. The highest BCUT2D eigenvalue weighted by Crippen LogP contribution is 2.24. The molecular formula is C19H23ClN2O5S. The van der Waals surface area contributed by atoms with Gasteiger partial charge in [-0.3, -0.25) is 9.10 Å². The van der Waals surface area contributed by atoms with Gasteiger partial charge >= 0.3 is 0 Å². The van der Waals surface area contributed by atoms with Crippen molar-refractivity contribution >= 4 is 33.2 Å². The van der Waals surface area contributed by atoms with Gasteiger partial charge in [-0.2, -0.15) is 0 Å². The number of methoxy groups -OCH3 is 1. The Morgan fingerprint density at radius 3 is 2.36 bits per heavy atom. The van der Waals surface area contributed by atoms with E-state index in [-0.39, 0.29) is 23.2 Å². The van der Waals surface area contributed by atoms with E-state index < -0.39 is 15.9 Å². The molecule has 2 rings (SSSR count). The van der Waals surface area contributed by atoms with Crippen molar-refractivity contribution in [2.24, 2.45) is 0 Å². The smallest absolute Gasteiger partial charge is 0.253 e. The molecule has 9 heteroatoms. The molecule has 0 aromatic heterocycles. The lowest BCUT2D eigenvalue weighted by Crippen LogP contribution is -2.37. The van der Waals surface area contributed by atoms with E-state index in [1.807, 2.05) is 0 Å². The van der Waals surface area contributed by atoms with Crippen molar-refractivity contribution in [1.29, 1.82) is 0 Å². The third-order valence-electron chi connectivity index (χ3n) is 3.99. The highest BCUT2D eigenvalue weighted by Gasteiger charge is 2.18. The van der Waals surface area contributed by atoms with E-state index in [1.54, 1.807) is 38.3 Å². The average Bonchev–Trinajstić information content (AvgIpc) is 2.65. The molecule has 0 saturated heterocycles. The van der Waals surface area contributed by atoms with Gasteiger partial charge in [0.2, 0.25) is 10.0 Å². The summed E-state index contributed by atoms with van der Waals surface area (Å²) in [5.74, 6) is 0.957. The lowest BCUT2D eigenvalue weighted by atomic mass is 10.1. The van der Waals surface area contributed by atoms with Gasteiger partial charge in [-0.05, 0) is 49.4 Å². The lowest BCUT2D eigenvalue weighted by molar-refractivity contribution is 0.0927. The summed E-state index contributed by atoms with van der Waals surface area (Å²) in [4.78, 5) is 12.6. The Labute approximate surface area is 170 Å². The molecule has 0 spiro atoms. The van der Waals surface area contributed by atoms with Crippen LogP contribution in [0.3, 0.4) is 0 Å². The Bertz CT molecular complexity index is 932. The third-order valence-corrected chi connectivity index (χ3v) is 5.53. The van der Waals surface area contributed by atoms with Crippen LogP contribution in [-0.2, 0) is 10.0 Å². The summed E-state index contributed by atoms with van der Waals surface area (Å²) < 4.78 is 35.2. The molecule has 1 atom stereocenters. The SMILES string of the molecule is COc1ccc(OC[C@@H](C)NC(=O)c2cc(N(C)S(C)(=O)=O)ccc2Cl)cc1. The quantitative estimate of drug-likeness (QED) is 0.701. The van der Waals surface area contributed by atoms with Crippen LogP contribution in [0.15, 0.2) is 42.5 Å². The Morgan fingerprint density at radius 1 is 1.18 bits per heavy atom. The number of ether oxygens (including phenoxy) is 2. The van der Waals surface area contributed by atoms with Gasteiger partial charge in [0.05, 0.1) is 35.7 Å². The molecule has 0 unspecified atom stereocenters. The molecule has 0 aliphatic heterocycles. The number of rotatable bonds is 8. The Balaban J connectivity index is 2.02. The summed E-state index contributed by atoms with van der Waals surface area (Å²) in [5.41, 5.74) is 0.533. The first kappa shape index (κ1) is 21.8. The maximum Gasteiger partial charge on any atom is 0.253 e. The zero-order valence-corrected chi connectivity index (χ0v) is 17.7. The molecule has 28 heavy (non-hydrogen) atoms. The summed E-state index contributed by atoms with van der Waals surface area (Å²) in [7, 11) is -0.456. The molecule has 1 N–H and O–H groups in total. The summed E-state index contributed by atoms with van der Waals surface area (Å²) in [6.07, 6.45) is 1.08. The van der Waals surface area contributed by atoms with Crippen molar-refractivity contribution in [1.82, 2.24) is 5.32 Å². The van der Waals surface area contributed by atoms with Crippen LogP contribution >= 0.6 is 11.6 Å². The van der Waals surface area contributed by atoms with Gasteiger partial charge in [0.15, 0.2) is 0 Å². The predicted octanol–water partition coefficient (Wildman–Crippen LogP) is 2.94. The van der Waals surface area contributed by atoms with E-state index in [0.717, 1.165) is 16.3 Å². The van der Waals surface area contributed by atoms with Crippen molar-refractivity contribution in [2.45, 2.75) is 13.0 Å². The van der Waals surface area contributed by atoms with Crippen LogP contribution in [-0.4, -0.2) is 47.4 Å². The molecule has 0 saturated carbocycles. The number of carbonyl (C=O) groups excluding carboxylic acids is 1. The van der Waals surface area contributed by atoms with Crippen molar-refractivity contribution < 1.29 is 22.7 Å². The largest absolute Gasteiger partial charge is 0.497 e. The van der Waals surface area contributed by atoms with E-state index in [1.165, 1.54) is 25.2 Å². The fourth-order valence-electron chi connectivity index (χ4n) is 2.31. The molecule has 0 bridgehead atoms. The second-order valence-corrected chi connectivity index (χ2v) is 8.68. The highest BCUT2D eigenvalue weighted by molar-refractivity contribution is 7.92. The minimum atomic E-state index is -3.45. The fraction of sp³-hybridized carbons (Fsp3) is 0.316. The summed E-state index contributed by atoms with van der Waals surface area (Å²) >= 11 is 6.12. The minimum absolute atomic E-state index is 0.186. The minimum Gasteiger partial charge on any atom is -0.497 e.